The monoisotopic (exact) mass is 311 g/mol. The number of carbonyl (C=O) groups is 1. The third-order valence-corrected chi connectivity index (χ3v) is 3.91. The Hall–Kier alpha value is -2.33. The van der Waals surface area contributed by atoms with E-state index >= 15 is 0 Å². The Kier molecular flexibility index (Phi) is 4.93. The molecule has 23 heavy (non-hydrogen) atoms. The van der Waals surface area contributed by atoms with Crippen LogP contribution in [0, 0.1) is 0 Å². The first-order chi connectivity index (χ1) is 11.2. The maximum atomic E-state index is 12.8. The van der Waals surface area contributed by atoms with Crippen LogP contribution in [0.15, 0.2) is 54.6 Å². The van der Waals surface area contributed by atoms with Gasteiger partial charge in [0.15, 0.2) is 0 Å². The molecular formula is C19H21NO3. The highest BCUT2D eigenvalue weighted by atomic mass is 16.5. The number of nitrogens with zero attached hydrogens (tertiary/aromatic N) is 1. The molecule has 2 aromatic carbocycles. The van der Waals surface area contributed by atoms with Gasteiger partial charge in [0.25, 0.3) is 5.91 Å². The molecule has 0 radical (unpaired) electrons. The molecule has 1 aliphatic heterocycles. The van der Waals surface area contributed by atoms with Crippen molar-refractivity contribution in [3.05, 3.63) is 65.7 Å². The highest BCUT2D eigenvalue weighted by Crippen LogP contribution is 2.17. The lowest BCUT2D eigenvalue weighted by molar-refractivity contribution is -0.0125. The molecule has 1 heterocycles. The Morgan fingerprint density at radius 1 is 1.17 bits per heavy atom. The Morgan fingerprint density at radius 3 is 2.70 bits per heavy atom. The smallest absolute Gasteiger partial charge is 0.254 e. The SMILES string of the molecule is CC1CN(C(=O)c2ccccc2COc2ccccc2)CCO1. The summed E-state index contributed by atoms with van der Waals surface area (Å²) in [5.41, 5.74) is 1.61. The first-order valence-electron chi connectivity index (χ1n) is 7.90. The van der Waals surface area contributed by atoms with Gasteiger partial charge in [-0.15, -0.1) is 0 Å². The molecule has 1 aliphatic rings. The number of ether oxygens (including phenoxy) is 2. The molecule has 1 unspecified atom stereocenters. The summed E-state index contributed by atoms with van der Waals surface area (Å²) < 4.78 is 11.3. The van der Waals surface area contributed by atoms with E-state index < -0.39 is 0 Å². The van der Waals surface area contributed by atoms with E-state index in [2.05, 4.69) is 0 Å². The van der Waals surface area contributed by atoms with Gasteiger partial charge in [0.2, 0.25) is 0 Å². The lowest BCUT2D eigenvalue weighted by Gasteiger charge is -2.31. The van der Waals surface area contributed by atoms with Gasteiger partial charge in [-0.1, -0.05) is 36.4 Å². The summed E-state index contributed by atoms with van der Waals surface area (Å²) in [5, 5.41) is 0. The van der Waals surface area contributed by atoms with Crippen LogP contribution >= 0.6 is 0 Å². The van der Waals surface area contributed by atoms with Gasteiger partial charge in [-0.3, -0.25) is 4.79 Å². The van der Waals surface area contributed by atoms with Crippen LogP contribution in [0.3, 0.4) is 0 Å². The maximum absolute atomic E-state index is 12.8. The molecular weight excluding hydrogens is 290 g/mol. The van der Waals surface area contributed by atoms with E-state index in [1.165, 1.54) is 0 Å². The first kappa shape index (κ1) is 15.6. The summed E-state index contributed by atoms with van der Waals surface area (Å²) in [6.07, 6.45) is 0.0837. The second-order valence-corrected chi connectivity index (χ2v) is 5.69. The zero-order chi connectivity index (χ0) is 16.1. The van der Waals surface area contributed by atoms with Crippen molar-refractivity contribution < 1.29 is 14.3 Å². The molecule has 1 atom stereocenters. The number of amides is 1. The topological polar surface area (TPSA) is 38.8 Å². The van der Waals surface area contributed by atoms with Crippen molar-refractivity contribution in [2.75, 3.05) is 19.7 Å². The molecule has 3 rings (SSSR count). The molecule has 1 fully saturated rings. The van der Waals surface area contributed by atoms with Gasteiger partial charge in [0, 0.05) is 24.2 Å². The molecule has 0 spiro atoms. The second-order valence-electron chi connectivity index (χ2n) is 5.69. The number of para-hydroxylation sites is 1. The molecule has 0 bridgehead atoms. The van der Waals surface area contributed by atoms with Crippen LogP contribution in [0.4, 0.5) is 0 Å². The van der Waals surface area contributed by atoms with E-state index in [0.29, 0.717) is 31.9 Å². The Bertz CT molecular complexity index is 657. The molecule has 0 aromatic heterocycles. The third kappa shape index (κ3) is 3.90. The zero-order valence-corrected chi connectivity index (χ0v) is 13.3. The van der Waals surface area contributed by atoms with Crippen molar-refractivity contribution in [1.29, 1.82) is 0 Å². The van der Waals surface area contributed by atoms with Crippen LogP contribution in [-0.4, -0.2) is 36.6 Å². The maximum Gasteiger partial charge on any atom is 0.254 e. The van der Waals surface area contributed by atoms with Gasteiger partial charge in [0.1, 0.15) is 12.4 Å². The molecule has 0 aliphatic carbocycles. The van der Waals surface area contributed by atoms with Crippen molar-refractivity contribution >= 4 is 5.91 Å². The summed E-state index contributed by atoms with van der Waals surface area (Å²) in [6, 6.07) is 17.3. The van der Waals surface area contributed by atoms with Gasteiger partial charge < -0.3 is 14.4 Å². The molecule has 4 nitrogen and oxygen atoms in total. The highest BCUT2D eigenvalue weighted by Gasteiger charge is 2.24. The fourth-order valence-corrected chi connectivity index (χ4v) is 2.71. The molecule has 0 saturated carbocycles. The number of rotatable bonds is 4. The molecule has 2 aromatic rings. The molecule has 4 heteroatoms. The van der Waals surface area contributed by atoms with E-state index in [9.17, 15) is 4.79 Å². The predicted octanol–water partition coefficient (Wildman–Crippen LogP) is 3.13. The largest absolute Gasteiger partial charge is 0.489 e. The Balaban J connectivity index is 1.73. The number of carbonyl (C=O) groups excluding carboxylic acids is 1. The van der Waals surface area contributed by atoms with E-state index in [1.54, 1.807) is 0 Å². The summed E-state index contributed by atoms with van der Waals surface area (Å²) in [5.74, 6) is 0.849. The van der Waals surface area contributed by atoms with Crippen molar-refractivity contribution in [3.8, 4) is 5.75 Å². The van der Waals surface area contributed by atoms with Gasteiger partial charge in [0.05, 0.1) is 12.7 Å². The average Bonchev–Trinajstić information content (AvgIpc) is 2.60. The number of morpholine rings is 1. The van der Waals surface area contributed by atoms with Gasteiger partial charge in [-0.05, 0) is 25.1 Å². The number of hydrogen-bond acceptors (Lipinski definition) is 3. The van der Waals surface area contributed by atoms with Crippen LogP contribution in [0.2, 0.25) is 0 Å². The molecule has 0 N–H and O–H groups in total. The van der Waals surface area contributed by atoms with Crippen molar-refractivity contribution in [2.45, 2.75) is 19.6 Å². The summed E-state index contributed by atoms with van der Waals surface area (Å²) in [7, 11) is 0. The third-order valence-electron chi connectivity index (χ3n) is 3.91. The standard InChI is InChI=1S/C19H21NO3/c1-15-13-20(11-12-22-15)19(21)18-10-6-5-7-16(18)14-23-17-8-3-2-4-9-17/h2-10,15H,11-14H2,1H3. The summed E-state index contributed by atoms with van der Waals surface area (Å²) >= 11 is 0. The summed E-state index contributed by atoms with van der Waals surface area (Å²) in [6.45, 7) is 4.23. The molecule has 1 amide bonds. The zero-order valence-electron chi connectivity index (χ0n) is 13.3. The van der Waals surface area contributed by atoms with Gasteiger partial charge >= 0.3 is 0 Å². The van der Waals surface area contributed by atoms with Gasteiger partial charge in [-0.25, -0.2) is 0 Å². The van der Waals surface area contributed by atoms with Crippen molar-refractivity contribution in [2.24, 2.45) is 0 Å². The fourth-order valence-electron chi connectivity index (χ4n) is 2.71. The first-order valence-corrected chi connectivity index (χ1v) is 7.90. The minimum absolute atomic E-state index is 0.0485. The Morgan fingerprint density at radius 2 is 1.91 bits per heavy atom. The Labute approximate surface area is 136 Å². The van der Waals surface area contributed by atoms with Crippen LogP contribution in [-0.2, 0) is 11.3 Å². The predicted molar refractivity (Wildman–Crippen MR) is 88.5 cm³/mol. The van der Waals surface area contributed by atoms with E-state index in [1.807, 2.05) is 66.4 Å². The van der Waals surface area contributed by atoms with Crippen LogP contribution < -0.4 is 4.74 Å². The minimum atomic E-state index is 0.0485. The van der Waals surface area contributed by atoms with E-state index in [0.717, 1.165) is 11.3 Å². The average molecular weight is 311 g/mol. The molecule has 120 valence electrons. The lowest BCUT2D eigenvalue weighted by atomic mass is 10.1. The minimum Gasteiger partial charge on any atom is -0.489 e. The molecule has 1 saturated heterocycles. The van der Waals surface area contributed by atoms with Crippen molar-refractivity contribution in [1.82, 2.24) is 4.90 Å². The quantitative estimate of drug-likeness (QED) is 0.871. The number of hydrogen-bond donors (Lipinski definition) is 0. The van der Waals surface area contributed by atoms with E-state index in [-0.39, 0.29) is 12.0 Å². The van der Waals surface area contributed by atoms with Crippen molar-refractivity contribution in [3.63, 3.8) is 0 Å². The number of benzene rings is 2. The van der Waals surface area contributed by atoms with Gasteiger partial charge in [-0.2, -0.15) is 0 Å². The normalized spacial score (nSPS) is 17.8. The highest BCUT2D eigenvalue weighted by molar-refractivity contribution is 5.95. The summed E-state index contributed by atoms with van der Waals surface area (Å²) in [4.78, 5) is 14.6. The second kappa shape index (κ2) is 7.29. The fraction of sp³-hybridized carbons (Fsp3) is 0.316. The van der Waals surface area contributed by atoms with E-state index in [4.69, 9.17) is 9.47 Å². The van der Waals surface area contributed by atoms with Crippen LogP contribution in [0.5, 0.6) is 5.75 Å². The van der Waals surface area contributed by atoms with Crippen LogP contribution in [0.25, 0.3) is 0 Å². The lowest BCUT2D eigenvalue weighted by Crippen LogP contribution is -2.44. The van der Waals surface area contributed by atoms with Crippen LogP contribution in [0.1, 0.15) is 22.8 Å².